The van der Waals surface area contributed by atoms with Gasteiger partial charge in [-0.25, -0.2) is 15.0 Å². The van der Waals surface area contributed by atoms with Crippen molar-refractivity contribution in [1.82, 2.24) is 15.0 Å². The van der Waals surface area contributed by atoms with E-state index in [4.69, 9.17) is 17.2 Å². The van der Waals surface area contributed by atoms with Crippen LogP contribution in [0.5, 0.6) is 0 Å². The number of nitrogens with zero attached hydrogens (tertiary/aromatic N) is 5. The smallest absolute Gasteiger partial charge is 0.280 e. The van der Waals surface area contributed by atoms with Crippen LogP contribution in [-0.2, 0) is 6.42 Å². The molecule has 1 unspecified atom stereocenters. The molecule has 3 aliphatic rings. The van der Waals surface area contributed by atoms with Crippen LogP contribution in [0, 0.1) is 5.41 Å². The molecule has 6 N–H and O–H groups in total. The fourth-order valence-corrected chi connectivity index (χ4v) is 6.05. The maximum absolute atomic E-state index is 13.3. The second kappa shape index (κ2) is 7.91. The first-order chi connectivity index (χ1) is 16.9. The van der Waals surface area contributed by atoms with Crippen LogP contribution in [0.1, 0.15) is 59.0 Å². The van der Waals surface area contributed by atoms with E-state index in [0.717, 1.165) is 43.7 Å². The number of amides is 1. The molecule has 0 radical (unpaired) electrons. The van der Waals surface area contributed by atoms with Crippen LogP contribution in [0.15, 0.2) is 42.6 Å². The molecular weight excluding hydrogens is 440 g/mol. The minimum Gasteiger partial charge on any atom is -0.384 e. The zero-order chi connectivity index (χ0) is 24.3. The van der Waals surface area contributed by atoms with Crippen LogP contribution in [0.2, 0.25) is 0 Å². The maximum Gasteiger partial charge on any atom is 0.280 e. The quantitative estimate of drug-likeness (QED) is 0.519. The lowest BCUT2D eigenvalue weighted by molar-refractivity contribution is 0.0984. The van der Waals surface area contributed by atoms with Crippen molar-refractivity contribution in [1.29, 1.82) is 0 Å². The third-order valence-electron chi connectivity index (χ3n) is 8.05. The molecule has 0 bridgehead atoms. The van der Waals surface area contributed by atoms with Gasteiger partial charge in [0.15, 0.2) is 11.5 Å². The number of carbonyl (C=O) groups is 1. The Balaban J connectivity index is 1.18. The molecule has 3 aromatic rings. The molecule has 1 fully saturated rings. The summed E-state index contributed by atoms with van der Waals surface area (Å²) in [5, 5.41) is 0. The van der Waals surface area contributed by atoms with E-state index >= 15 is 0 Å². The van der Waals surface area contributed by atoms with E-state index in [1.54, 1.807) is 17.2 Å². The van der Waals surface area contributed by atoms with E-state index in [2.05, 4.69) is 44.1 Å². The number of benzene rings is 1. The van der Waals surface area contributed by atoms with Crippen LogP contribution in [0.25, 0.3) is 0 Å². The highest BCUT2D eigenvalue weighted by Gasteiger charge is 2.46. The van der Waals surface area contributed by atoms with Crippen molar-refractivity contribution in [2.75, 3.05) is 40.9 Å². The molecule has 2 atom stereocenters. The topological polar surface area (TPSA) is 140 Å². The Morgan fingerprint density at radius 2 is 1.86 bits per heavy atom. The molecule has 9 nitrogen and oxygen atoms in total. The van der Waals surface area contributed by atoms with Crippen molar-refractivity contribution >= 4 is 29.0 Å². The van der Waals surface area contributed by atoms with Crippen molar-refractivity contribution in [3.63, 3.8) is 0 Å². The number of rotatable bonds is 2. The molecule has 1 aliphatic carbocycles. The van der Waals surface area contributed by atoms with Gasteiger partial charge >= 0.3 is 0 Å². The van der Waals surface area contributed by atoms with Gasteiger partial charge in [-0.3, -0.25) is 4.79 Å². The first-order valence-corrected chi connectivity index (χ1v) is 12.2. The normalized spacial score (nSPS) is 22.3. The molecule has 1 aromatic carbocycles. The average molecular weight is 471 g/mol. The van der Waals surface area contributed by atoms with E-state index < -0.39 is 0 Å². The largest absolute Gasteiger partial charge is 0.384 e. The van der Waals surface area contributed by atoms with Gasteiger partial charge in [0.25, 0.3) is 5.91 Å². The van der Waals surface area contributed by atoms with E-state index in [9.17, 15) is 4.79 Å². The summed E-state index contributed by atoms with van der Waals surface area (Å²) >= 11 is 0. The number of carbonyl (C=O) groups excluding carboxylic acids is 1. The highest BCUT2D eigenvalue weighted by Crippen LogP contribution is 2.50. The first-order valence-electron chi connectivity index (χ1n) is 12.2. The van der Waals surface area contributed by atoms with Gasteiger partial charge < -0.3 is 27.0 Å². The number of hydrogen-bond acceptors (Lipinski definition) is 8. The average Bonchev–Trinajstić information content (AvgIpc) is 3.33. The van der Waals surface area contributed by atoms with Crippen molar-refractivity contribution in [2.24, 2.45) is 11.1 Å². The first kappa shape index (κ1) is 21.8. The molecule has 6 rings (SSSR count). The van der Waals surface area contributed by atoms with Gasteiger partial charge in [-0.2, -0.15) is 0 Å². The fourth-order valence-electron chi connectivity index (χ4n) is 6.05. The van der Waals surface area contributed by atoms with Gasteiger partial charge in [0.1, 0.15) is 11.6 Å². The summed E-state index contributed by atoms with van der Waals surface area (Å²) in [6.45, 7) is 4.18. The van der Waals surface area contributed by atoms with Gasteiger partial charge in [-0.1, -0.05) is 31.2 Å². The van der Waals surface area contributed by atoms with Gasteiger partial charge in [-0.15, -0.1) is 0 Å². The Labute approximate surface area is 204 Å². The van der Waals surface area contributed by atoms with Crippen LogP contribution in [0.3, 0.4) is 0 Å². The number of nitrogen functional groups attached to an aromatic ring is 2. The minimum atomic E-state index is -0.272. The van der Waals surface area contributed by atoms with E-state index in [0.29, 0.717) is 18.2 Å². The molecule has 9 heteroatoms. The molecule has 1 saturated heterocycles. The summed E-state index contributed by atoms with van der Waals surface area (Å²) < 4.78 is 0. The summed E-state index contributed by atoms with van der Waals surface area (Å²) in [5.41, 5.74) is 23.3. The molecule has 180 valence electrons. The van der Waals surface area contributed by atoms with Crippen molar-refractivity contribution in [3.05, 3.63) is 65.1 Å². The minimum absolute atomic E-state index is 0.0626. The molecule has 1 spiro atoms. The predicted octanol–water partition coefficient (Wildman–Crippen LogP) is 2.64. The Hall–Kier alpha value is -3.72. The zero-order valence-electron chi connectivity index (χ0n) is 19.8. The Bertz CT molecular complexity index is 1320. The molecule has 2 aromatic heterocycles. The van der Waals surface area contributed by atoms with Crippen molar-refractivity contribution < 1.29 is 4.79 Å². The van der Waals surface area contributed by atoms with Crippen molar-refractivity contribution in [3.8, 4) is 0 Å². The number of nitrogens with two attached hydrogens (primary N) is 3. The number of fused-ring (bicyclic) bond motifs is 2. The van der Waals surface area contributed by atoms with E-state index in [1.165, 1.54) is 11.1 Å². The van der Waals surface area contributed by atoms with Gasteiger partial charge in [0, 0.05) is 31.6 Å². The summed E-state index contributed by atoms with van der Waals surface area (Å²) in [6.07, 6.45) is 4.63. The van der Waals surface area contributed by atoms with Crippen molar-refractivity contribution in [2.45, 2.75) is 38.1 Å². The molecule has 1 amide bonds. The fraction of sp³-hybridized carbons (Fsp3) is 0.385. The van der Waals surface area contributed by atoms with E-state index in [1.807, 2.05) is 13.0 Å². The SMILES string of the molecule is CC1CN(C(=O)c2ncc(N3CCC4(CC3)Cc3ccccc3[C@H]4N)nc2N)c2ccc(N)nc21. The van der Waals surface area contributed by atoms with E-state index in [-0.39, 0.29) is 34.8 Å². The molecule has 0 saturated carbocycles. The lowest BCUT2D eigenvalue weighted by Crippen LogP contribution is -2.44. The summed E-state index contributed by atoms with van der Waals surface area (Å²) in [7, 11) is 0. The highest BCUT2D eigenvalue weighted by atomic mass is 16.2. The monoisotopic (exact) mass is 470 g/mol. The number of hydrogen-bond donors (Lipinski definition) is 3. The number of anilines is 4. The molecule has 35 heavy (non-hydrogen) atoms. The molecule has 4 heterocycles. The zero-order valence-corrected chi connectivity index (χ0v) is 19.8. The maximum atomic E-state index is 13.3. The van der Waals surface area contributed by atoms with Crippen LogP contribution in [0.4, 0.5) is 23.1 Å². The second-order valence-electron chi connectivity index (χ2n) is 10.1. The van der Waals surface area contributed by atoms with Gasteiger partial charge in [0.05, 0.1) is 17.6 Å². The van der Waals surface area contributed by atoms with Gasteiger partial charge in [-0.05, 0) is 47.9 Å². The number of pyridine rings is 1. The van der Waals surface area contributed by atoms with Crippen LogP contribution >= 0.6 is 0 Å². The van der Waals surface area contributed by atoms with Gasteiger partial charge in [0.2, 0.25) is 0 Å². The second-order valence-corrected chi connectivity index (χ2v) is 10.1. The Kier molecular flexibility index (Phi) is 4.93. The summed E-state index contributed by atoms with van der Waals surface area (Å²) in [5.74, 6) is 1.09. The summed E-state index contributed by atoms with van der Waals surface area (Å²) in [6, 6.07) is 12.1. The lowest BCUT2D eigenvalue weighted by Gasteiger charge is -2.42. The van der Waals surface area contributed by atoms with Crippen LogP contribution < -0.4 is 27.0 Å². The lowest BCUT2D eigenvalue weighted by atomic mass is 9.73. The Morgan fingerprint density at radius 3 is 2.60 bits per heavy atom. The third-order valence-corrected chi connectivity index (χ3v) is 8.05. The highest BCUT2D eigenvalue weighted by molar-refractivity contribution is 6.08. The third kappa shape index (κ3) is 3.41. The number of piperidine rings is 1. The predicted molar refractivity (Wildman–Crippen MR) is 136 cm³/mol. The number of aromatic nitrogens is 3. The molecular formula is C26H30N8O. The van der Waals surface area contributed by atoms with Crippen LogP contribution in [-0.4, -0.2) is 40.5 Å². The molecule has 2 aliphatic heterocycles. The Morgan fingerprint density at radius 1 is 1.09 bits per heavy atom. The standard InChI is InChI=1S/C26H30N8O/c1-15-14-34(18-6-7-19(27)31-21(15)18)25(35)22-24(29)32-20(13-30-22)33-10-8-26(9-11-33)12-16-4-2-3-5-17(16)23(26)28/h2-7,13,15,23H,8-12,14,28H2,1H3,(H2,27,31)(H2,29,32)/t15?,23-/m1/s1. The summed E-state index contributed by atoms with van der Waals surface area (Å²) in [4.78, 5) is 30.6.